The molecule has 1 atom stereocenters. The van der Waals surface area contributed by atoms with Gasteiger partial charge >= 0.3 is 0 Å². The van der Waals surface area contributed by atoms with E-state index in [1.165, 1.54) is 6.20 Å². The van der Waals surface area contributed by atoms with E-state index in [1.54, 1.807) is 29.1 Å². The standard InChI is InChI=1S/C20H18BrN3O5/c21-14-1-3-15(4-2-14)24-10-13(8-23-24)20(26)22-9-16(25)11-27-17-5-6-18-19(7-17)29-12-28-18/h1-8,10,16,25H,9,11-12H2,(H,22,26). The third kappa shape index (κ3) is 4.69. The molecule has 150 valence electrons. The minimum Gasteiger partial charge on any atom is -0.491 e. The second kappa shape index (κ2) is 8.54. The molecule has 2 N–H and O–H groups in total. The largest absolute Gasteiger partial charge is 0.491 e. The van der Waals surface area contributed by atoms with Crippen molar-refractivity contribution in [2.45, 2.75) is 6.10 Å². The van der Waals surface area contributed by atoms with Crippen molar-refractivity contribution >= 4 is 21.8 Å². The van der Waals surface area contributed by atoms with E-state index in [2.05, 4.69) is 26.3 Å². The first-order valence-electron chi connectivity index (χ1n) is 8.88. The molecule has 29 heavy (non-hydrogen) atoms. The molecule has 0 radical (unpaired) electrons. The zero-order valence-corrected chi connectivity index (χ0v) is 16.8. The van der Waals surface area contributed by atoms with Crippen LogP contribution in [0.5, 0.6) is 17.2 Å². The third-order valence-electron chi connectivity index (χ3n) is 4.22. The maximum Gasteiger partial charge on any atom is 0.254 e. The van der Waals surface area contributed by atoms with Gasteiger partial charge in [-0.05, 0) is 36.4 Å². The number of aliphatic hydroxyl groups excluding tert-OH is 1. The fourth-order valence-electron chi connectivity index (χ4n) is 2.71. The molecule has 1 aromatic heterocycles. The molecular formula is C20H18BrN3O5. The molecule has 4 rings (SSSR count). The number of nitrogens with one attached hydrogen (secondary N) is 1. The van der Waals surface area contributed by atoms with Crippen molar-refractivity contribution < 1.29 is 24.1 Å². The summed E-state index contributed by atoms with van der Waals surface area (Å²) in [4.78, 5) is 12.3. The molecule has 0 bridgehead atoms. The summed E-state index contributed by atoms with van der Waals surface area (Å²) >= 11 is 3.38. The van der Waals surface area contributed by atoms with Gasteiger partial charge in [-0.1, -0.05) is 15.9 Å². The quantitative estimate of drug-likeness (QED) is 0.563. The van der Waals surface area contributed by atoms with Crippen LogP contribution in [0.3, 0.4) is 0 Å². The second-order valence-corrected chi connectivity index (χ2v) is 7.26. The van der Waals surface area contributed by atoms with Gasteiger partial charge < -0.3 is 24.6 Å². The highest BCUT2D eigenvalue weighted by molar-refractivity contribution is 9.10. The maximum atomic E-state index is 12.3. The maximum absolute atomic E-state index is 12.3. The molecular weight excluding hydrogens is 442 g/mol. The highest BCUT2D eigenvalue weighted by Gasteiger charge is 2.15. The monoisotopic (exact) mass is 459 g/mol. The van der Waals surface area contributed by atoms with Crippen molar-refractivity contribution in [2.24, 2.45) is 0 Å². The highest BCUT2D eigenvalue weighted by Crippen LogP contribution is 2.35. The molecule has 0 aliphatic carbocycles. The van der Waals surface area contributed by atoms with E-state index in [1.807, 2.05) is 24.3 Å². The number of amides is 1. The Morgan fingerprint density at radius 2 is 2.03 bits per heavy atom. The Morgan fingerprint density at radius 1 is 1.24 bits per heavy atom. The molecule has 9 heteroatoms. The van der Waals surface area contributed by atoms with Crippen molar-refractivity contribution in [3.8, 4) is 22.9 Å². The molecule has 0 spiro atoms. The molecule has 1 aliphatic rings. The van der Waals surface area contributed by atoms with Gasteiger partial charge in [-0.2, -0.15) is 5.10 Å². The summed E-state index contributed by atoms with van der Waals surface area (Å²) in [5.74, 6) is 1.49. The lowest BCUT2D eigenvalue weighted by Crippen LogP contribution is -2.35. The summed E-state index contributed by atoms with van der Waals surface area (Å²) in [5.41, 5.74) is 1.24. The number of carbonyl (C=O) groups excluding carboxylic acids is 1. The van der Waals surface area contributed by atoms with Gasteiger partial charge in [-0.15, -0.1) is 0 Å². The average molecular weight is 460 g/mol. The number of rotatable bonds is 7. The van der Waals surface area contributed by atoms with Crippen LogP contribution in [-0.2, 0) is 0 Å². The first kappa shape index (κ1) is 19.3. The van der Waals surface area contributed by atoms with Gasteiger partial charge in [0.2, 0.25) is 6.79 Å². The SMILES string of the molecule is O=C(NCC(O)COc1ccc2c(c1)OCO2)c1cnn(-c2ccc(Br)cc2)c1. The minimum absolute atomic E-state index is 0.0259. The Hall–Kier alpha value is -3.04. The van der Waals surface area contributed by atoms with Crippen molar-refractivity contribution in [2.75, 3.05) is 19.9 Å². The lowest BCUT2D eigenvalue weighted by atomic mass is 10.3. The molecule has 0 saturated heterocycles. The lowest BCUT2D eigenvalue weighted by molar-refractivity contribution is 0.0843. The van der Waals surface area contributed by atoms with Crippen LogP contribution in [0.1, 0.15) is 10.4 Å². The smallest absolute Gasteiger partial charge is 0.254 e. The summed E-state index contributed by atoms with van der Waals surface area (Å²) in [6.07, 6.45) is 2.24. The molecule has 8 nitrogen and oxygen atoms in total. The fraction of sp³-hybridized carbons (Fsp3) is 0.200. The first-order valence-corrected chi connectivity index (χ1v) is 9.67. The molecule has 2 heterocycles. The average Bonchev–Trinajstić information content (AvgIpc) is 3.40. The van der Waals surface area contributed by atoms with Gasteiger partial charge in [0, 0.05) is 23.3 Å². The number of fused-ring (bicyclic) bond motifs is 1. The van der Waals surface area contributed by atoms with E-state index in [4.69, 9.17) is 14.2 Å². The van der Waals surface area contributed by atoms with Crippen LogP contribution in [0.2, 0.25) is 0 Å². The van der Waals surface area contributed by atoms with E-state index in [0.29, 0.717) is 22.8 Å². The number of hydrogen-bond acceptors (Lipinski definition) is 6. The first-order chi connectivity index (χ1) is 14.1. The predicted molar refractivity (Wildman–Crippen MR) is 108 cm³/mol. The summed E-state index contributed by atoms with van der Waals surface area (Å²) in [5, 5.41) is 17.0. The number of aromatic nitrogens is 2. The number of nitrogens with zero attached hydrogens (tertiary/aromatic N) is 2. The summed E-state index contributed by atoms with van der Waals surface area (Å²) in [6, 6.07) is 12.7. The molecule has 0 fully saturated rings. The van der Waals surface area contributed by atoms with Crippen LogP contribution in [0, 0.1) is 0 Å². The van der Waals surface area contributed by atoms with Crippen molar-refractivity contribution in [1.82, 2.24) is 15.1 Å². The highest BCUT2D eigenvalue weighted by atomic mass is 79.9. The van der Waals surface area contributed by atoms with Crippen molar-refractivity contribution in [1.29, 1.82) is 0 Å². The van der Waals surface area contributed by atoms with Crippen LogP contribution in [-0.4, -0.2) is 46.8 Å². The van der Waals surface area contributed by atoms with Gasteiger partial charge in [-0.3, -0.25) is 4.79 Å². The molecule has 3 aromatic rings. The van der Waals surface area contributed by atoms with E-state index < -0.39 is 6.10 Å². The molecule has 0 saturated carbocycles. The van der Waals surface area contributed by atoms with E-state index in [-0.39, 0.29) is 25.9 Å². The van der Waals surface area contributed by atoms with Gasteiger partial charge in [0.05, 0.1) is 17.4 Å². The van der Waals surface area contributed by atoms with Crippen LogP contribution >= 0.6 is 15.9 Å². The van der Waals surface area contributed by atoms with Gasteiger partial charge in [-0.25, -0.2) is 4.68 Å². The van der Waals surface area contributed by atoms with Crippen LogP contribution in [0.4, 0.5) is 0 Å². The van der Waals surface area contributed by atoms with Gasteiger partial charge in [0.25, 0.3) is 5.91 Å². The molecule has 1 amide bonds. The Balaban J connectivity index is 1.26. The van der Waals surface area contributed by atoms with Crippen LogP contribution in [0.15, 0.2) is 59.3 Å². The van der Waals surface area contributed by atoms with Crippen LogP contribution < -0.4 is 19.5 Å². The number of hydrogen-bond donors (Lipinski definition) is 2. The fourth-order valence-corrected chi connectivity index (χ4v) is 2.97. The predicted octanol–water partition coefficient (Wildman–Crippen LogP) is 2.53. The van der Waals surface area contributed by atoms with Gasteiger partial charge in [0.15, 0.2) is 11.5 Å². The summed E-state index contributed by atoms with van der Waals surface area (Å²) < 4.78 is 18.6. The number of ether oxygens (including phenoxy) is 3. The lowest BCUT2D eigenvalue weighted by Gasteiger charge is -2.13. The Bertz CT molecular complexity index is 1010. The number of aliphatic hydroxyl groups is 1. The zero-order valence-electron chi connectivity index (χ0n) is 15.2. The number of carbonyl (C=O) groups is 1. The molecule has 2 aromatic carbocycles. The summed E-state index contributed by atoms with van der Waals surface area (Å²) in [6.45, 7) is 0.261. The zero-order chi connectivity index (χ0) is 20.2. The van der Waals surface area contributed by atoms with E-state index in [9.17, 15) is 9.90 Å². The second-order valence-electron chi connectivity index (χ2n) is 6.34. The normalized spacial score (nSPS) is 13.2. The van der Waals surface area contributed by atoms with E-state index >= 15 is 0 Å². The number of benzene rings is 2. The van der Waals surface area contributed by atoms with E-state index in [0.717, 1.165) is 10.2 Å². The summed E-state index contributed by atoms with van der Waals surface area (Å²) in [7, 11) is 0. The Kier molecular flexibility index (Phi) is 5.68. The van der Waals surface area contributed by atoms with Crippen LogP contribution in [0.25, 0.3) is 5.69 Å². The van der Waals surface area contributed by atoms with Crippen molar-refractivity contribution in [3.63, 3.8) is 0 Å². The topological polar surface area (TPSA) is 94.8 Å². The molecule has 1 aliphatic heterocycles. The Morgan fingerprint density at radius 3 is 2.86 bits per heavy atom. The van der Waals surface area contributed by atoms with Gasteiger partial charge in [0.1, 0.15) is 18.5 Å². The molecule has 1 unspecified atom stereocenters. The minimum atomic E-state index is -0.870. The number of halogens is 1. The van der Waals surface area contributed by atoms with Crippen molar-refractivity contribution in [3.05, 3.63) is 64.9 Å². The Labute approximate surface area is 175 Å². The third-order valence-corrected chi connectivity index (χ3v) is 4.75.